The van der Waals surface area contributed by atoms with Gasteiger partial charge in [-0.05, 0) is 52.7 Å². The van der Waals surface area contributed by atoms with Crippen molar-refractivity contribution >= 4 is 33.2 Å². The summed E-state index contributed by atoms with van der Waals surface area (Å²) >= 11 is 9.41. The Morgan fingerprint density at radius 2 is 1.95 bits per heavy atom. The molecule has 5 heteroatoms. The van der Waals surface area contributed by atoms with E-state index in [0.29, 0.717) is 18.2 Å². The summed E-state index contributed by atoms with van der Waals surface area (Å²) in [7, 11) is 1.64. The number of ether oxygens (including phenoxy) is 2. The Bertz CT molecular complexity index is 619. The van der Waals surface area contributed by atoms with Gasteiger partial charge in [0.2, 0.25) is 0 Å². The van der Waals surface area contributed by atoms with Gasteiger partial charge in [-0.2, -0.15) is 0 Å². The second kappa shape index (κ2) is 7.57. The molecule has 0 aromatic heterocycles. The zero-order chi connectivity index (χ0) is 15.2. The molecule has 2 aromatic rings. The molecule has 0 amide bonds. The molecule has 0 saturated carbocycles. The quantitative estimate of drug-likeness (QED) is 0.765. The first-order valence-electron chi connectivity index (χ1n) is 6.62. The average Bonchev–Trinajstić information content (AvgIpc) is 2.49. The van der Waals surface area contributed by atoms with Crippen LogP contribution in [0.5, 0.6) is 11.5 Å². The second-order valence-corrected chi connectivity index (χ2v) is 5.66. The SMILES string of the molecule is CCOc1ccc(NCc2ccc(Cl)c(Br)c2)cc1OC. The van der Waals surface area contributed by atoms with E-state index in [1.807, 2.05) is 43.3 Å². The van der Waals surface area contributed by atoms with E-state index in [4.69, 9.17) is 21.1 Å². The van der Waals surface area contributed by atoms with Crippen LogP contribution in [-0.4, -0.2) is 13.7 Å². The van der Waals surface area contributed by atoms with Gasteiger partial charge in [0.1, 0.15) is 0 Å². The molecule has 0 aliphatic rings. The minimum absolute atomic E-state index is 0.613. The van der Waals surface area contributed by atoms with Crippen molar-refractivity contribution < 1.29 is 9.47 Å². The predicted molar refractivity (Wildman–Crippen MR) is 90.6 cm³/mol. The summed E-state index contributed by atoms with van der Waals surface area (Å²) in [6, 6.07) is 11.7. The number of hydrogen-bond donors (Lipinski definition) is 1. The minimum atomic E-state index is 0.613. The normalized spacial score (nSPS) is 10.3. The van der Waals surface area contributed by atoms with Crippen LogP contribution in [0.25, 0.3) is 0 Å². The van der Waals surface area contributed by atoms with Gasteiger partial charge >= 0.3 is 0 Å². The monoisotopic (exact) mass is 369 g/mol. The summed E-state index contributed by atoms with van der Waals surface area (Å²) in [5.41, 5.74) is 2.11. The second-order valence-electron chi connectivity index (χ2n) is 4.40. The molecule has 0 saturated heterocycles. The Kier molecular flexibility index (Phi) is 5.76. The third-order valence-corrected chi connectivity index (χ3v) is 4.16. The van der Waals surface area contributed by atoms with Crippen LogP contribution in [0.15, 0.2) is 40.9 Å². The molecule has 0 fully saturated rings. The van der Waals surface area contributed by atoms with Crippen molar-refractivity contribution in [2.24, 2.45) is 0 Å². The van der Waals surface area contributed by atoms with Crippen molar-refractivity contribution in [1.82, 2.24) is 0 Å². The molecule has 0 aliphatic heterocycles. The lowest BCUT2D eigenvalue weighted by molar-refractivity contribution is 0.311. The van der Waals surface area contributed by atoms with Crippen molar-refractivity contribution in [2.75, 3.05) is 19.0 Å². The minimum Gasteiger partial charge on any atom is -0.493 e. The third kappa shape index (κ3) is 4.29. The van der Waals surface area contributed by atoms with E-state index in [1.165, 1.54) is 0 Å². The highest BCUT2D eigenvalue weighted by Gasteiger charge is 2.05. The van der Waals surface area contributed by atoms with Gasteiger partial charge in [0.25, 0.3) is 0 Å². The highest BCUT2D eigenvalue weighted by atomic mass is 79.9. The van der Waals surface area contributed by atoms with Gasteiger partial charge in [-0.25, -0.2) is 0 Å². The first-order valence-corrected chi connectivity index (χ1v) is 7.79. The van der Waals surface area contributed by atoms with Crippen LogP contribution >= 0.6 is 27.5 Å². The summed E-state index contributed by atoms with van der Waals surface area (Å²) < 4.78 is 11.7. The average molecular weight is 371 g/mol. The summed E-state index contributed by atoms with van der Waals surface area (Å²) in [5.74, 6) is 1.47. The summed E-state index contributed by atoms with van der Waals surface area (Å²) in [4.78, 5) is 0. The van der Waals surface area contributed by atoms with Crippen molar-refractivity contribution in [2.45, 2.75) is 13.5 Å². The zero-order valence-corrected chi connectivity index (χ0v) is 14.3. The molecule has 112 valence electrons. The van der Waals surface area contributed by atoms with Crippen molar-refractivity contribution in [3.63, 3.8) is 0 Å². The highest BCUT2D eigenvalue weighted by molar-refractivity contribution is 9.10. The van der Waals surface area contributed by atoms with E-state index in [-0.39, 0.29) is 0 Å². The standard InChI is InChI=1S/C16H17BrClNO2/c1-3-21-15-7-5-12(9-16(15)20-2)19-10-11-4-6-14(18)13(17)8-11/h4-9,19H,3,10H2,1-2H3. The number of benzene rings is 2. The molecule has 3 nitrogen and oxygen atoms in total. The van der Waals surface area contributed by atoms with Crippen molar-refractivity contribution in [3.05, 3.63) is 51.5 Å². The van der Waals surface area contributed by atoms with E-state index in [9.17, 15) is 0 Å². The Morgan fingerprint density at radius 3 is 2.62 bits per heavy atom. The maximum atomic E-state index is 5.99. The molecule has 0 heterocycles. The number of rotatable bonds is 6. The van der Waals surface area contributed by atoms with Gasteiger partial charge < -0.3 is 14.8 Å². The molecule has 0 unspecified atom stereocenters. The fourth-order valence-corrected chi connectivity index (χ4v) is 2.45. The molecular weight excluding hydrogens is 354 g/mol. The van der Waals surface area contributed by atoms with Gasteiger partial charge in [-0.3, -0.25) is 0 Å². The largest absolute Gasteiger partial charge is 0.493 e. The Hall–Kier alpha value is -1.39. The summed E-state index contributed by atoms with van der Waals surface area (Å²) in [6.07, 6.45) is 0. The lowest BCUT2D eigenvalue weighted by Gasteiger charge is -2.12. The highest BCUT2D eigenvalue weighted by Crippen LogP contribution is 2.30. The van der Waals surface area contributed by atoms with Gasteiger partial charge in [0.15, 0.2) is 11.5 Å². The molecule has 21 heavy (non-hydrogen) atoms. The van der Waals surface area contributed by atoms with Crippen molar-refractivity contribution in [3.8, 4) is 11.5 Å². The van der Waals surface area contributed by atoms with Crippen molar-refractivity contribution in [1.29, 1.82) is 0 Å². The van der Waals surface area contributed by atoms with E-state index >= 15 is 0 Å². The number of hydrogen-bond acceptors (Lipinski definition) is 3. The molecule has 1 N–H and O–H groups in total. The Balaban J connectivity index is 2.07. The van der Waals surface area contributed by atoms with Crippen LogP contribution in [0.1, 0.15) is 12.5 Å². The number of methoxy groups -OCH3 is 1. The maximum Gasteiger partial charge on any atom is 0.162 e. The molecule has 0 atom stereocenters. The maximum absolute atomic E-state index is 5.99. The van der Waals surface area contributed by atoms with E-state index < -0.39 is 0 Å². The molecule has 0 bridgehead atoms. The topological polar surface area (TPSA) is 30.5 Å². The van der Waals surface area contributed by atoms with E-state index in [0.717, 1.165) is 27.2 Å². The Morgan fingerprint density at radius 1 is 1.14 bits per heavy atom. The van der Waals surface area contributed by atoms with Crippen LogP contribution in [0.2, 0.25) is 5.02 Å². The van der Waals surface area contributed by atoms with Crippen LogP contribution in [-0.2, 0) is 6.54 Å². The van der Waals surface area contributed by atoms with E-state index in [1.54, 1.807) is 7.11 Å². The van der Waals surface area contributed by atoms with Gasteiger partial charge in [-0.1, -0.05) is 17.7 Å². The van der Waals surface area contributed by atoms with Gasteiger partial charge in [-0.15, -0.1) is 0 Å². The molecule has 0 aliphatic carbocycles. The molecular formula is C16H17BrClNO2. The number of anilines is 1. The van der Waals surface area contributed by atoms with Gasteiger partial charge in [0.05, 0.1) is 18.7 Å². The number of nitrogens with one attached hydrogen (secondary N) is 1. The third-order valence-electron chi connectivity index (χ3n) is 2.94. The first kappa shape index (κ1) is 16.0. The van der Waals surface area contributed by atoms with Gasteiger partial charge in [0, 0.05) is 22.8 Å². The summed E-state index contributed by atoms with van der Waals surface area (Å²) in [6.45, 7) is 3.26. The van der Waals surface area contributed by atoms with E-state index in [2.05, 4.69) is 21.2 Å². The van der Waals surface area contributed by atoms with Crippen LogP contribution in [0.4, 0.5) is 5.69 Å². The fourth-order valence-electron chi connectivity index (χ4n) is 1.91. The fraction of sp³-hybridized carbons (Fsp3) is 0.250. The lowest BCUT2D eigenvalue weighted by Crippen LogP contribution is -2.01. The lowest BCUT2D eigenvalue weighted by atomic mass is 10.2. The smallest absolute Gasteiger partial charge is 0.162 e. The molecule has 2 aromatic carbocycles. The summed E-state index contributed by atoms with van der Waals surface area (Å²) in [5, 5.41) is 4.06. The molecule has 2 rings (SSSR count). The molecule has 0 radical (unpaired) electrons. The molecule has 0 spiro atoms. The van der Waals surface area contributed by atoms with Crippen LogP contribution in [0, 0.1) is 0 Å². The zero-order valence-electron chi connectivity index (χ0n) is 12.0. The number of halogens is 2. The first-order chi connectivity index (χ1) is 10.1. The predicted octanol–water partition coefficient (Wildman–Crippen LogP) is 5.12. The van der Waals surface area contributed by atoms with Crippen LogP contribution in [0.3, 0.4) is 0 Å². The van der Waals surface area contributed by atoms with Crippen LogP contribution < -0.4 is 14.8 Å². The Labute approximate surface area is 138 Å².